The van der Waals surface area contributed by atoms with Crippen LogP contribution in [-0.4, -0.2) is 25.4 Å². The third-order valence-corrected chi connectivity index (χ3v) is 4.36. The van der Waals surface area contributed by atoms with Crippen LogP contribution >= 0.6 is 11.3 Å². The lowest BCUT2D eigenvalue weighted by Crippen LogP contribution is -2.01. The predicted octanol–water partition coefficient (Wildman–Crippen LogP) is 4.38. The quantitative estimate of drug-likeness (QED) is 0.542. The first-order chi connectivity index (χ1) is 10.8. The summed E-state index contributed by atoms with van der Waals surface area (Å²) in [5.41, 5.74) is 3.20. The minimum Gasteiger partial charge on any atom is -0.468 e. The third-order valence-electron chi connectivity index (χ3n) is 3.29. The Morgan fingerprint density at radius 1 is 1.14 bits per heavy atom. The highest BCUT2D eigenvalue weighted by Crippen LogP contribution is 2.32. The molecule has 4 nitrogen and oxygen atoms in total. The van der Waals surface area contributed by atoms with Crippen LogP contribution in [0.15, 0.2) is 42.5 Å². The number of hydrogen-bond acceptors (Lipinski definition) is 5. The van der Waals surface area contributed by atoms with Gasteiger partial charge in [-0.25, -0.2) is 4.98 Å². The fraction of sp³-hybridized carbons (Fsp3) is 0.235. The molecule has 5 heteroatoms. The first-order valence-corrected chi connectivity index (χ1v) is 8.01. The summed E-state index contributed by atoms with van der Waals surface area (Å²) >= 11 is 1.66. The van der Waals surface area contributed by atoms with Gasteiger partial charge in [-0.1, -0.05) is 0 Å². The Morgan fingerprint density at radius 2 is 1.95 bits per heavy atom. The van der Waals surface area contributed by atoms with E-state index in [9.17, 15) is 0 Å². The van der Waals surface area contributed by atoms with Gasteiger partial charge >= 0.3 is 0 Å². The van der Waals surface area contributed by atoms with E-state index in [-0.39, 0.29) is 6.79 Å². The maximum absolute atomic E-state index is 5.55. The number of anilines is 1. The first kappa shape index (κ1) is 14.8. The van der Waals surface area contributed by atoms with Gasteiger partial charge in [0.2, 0.25) is 0 Å². The number of thiazole rings is 1. The molecule has 2 aromatic carbocycles. The van der Waals surface area contributed by atoms with Crippen molar-refractivity contribution in [3.63, 3.8) is 0 Å². The third kappa shape index (κ3) is 3.21. The molecule has 0 radical (unpaired) electrons. The van der Waals surface area contributed by atoms with Crippen molar-refractivity contribution in [3.05, 3.63) is 42.5 Å². The maximum atomic E-state index is 5.55. The molecule has 0 spiro atoms. The lowest BCUT2D eigenvalue weighted by Gasteiger charge is -2.04. The van der Waals surface area contributed by atoms with E-state index >= 15 is 0 Å². The van der Waals surface area contributed by atoms with Gasteiger partial charge in [0.25, 0.3) is 0 Å². The van der Waals surface area contributed by atoms with Crippen LogP contribution in [0.2, 0.25) is 0 Å². The van der Waals surface area contributed by atoms with E-state index in [4.69, 9.17) is 9.47 Å². The minimum absolute atomic E-state index is 0.277. The van der Waals surface area contributed by atoms with Crippen LogP contribution in [-0.2, 0) is 4.74 Å². The fourth-order valence-corrected chi connectivity index (χ4v) is 3.09. The van der Waals surface area contributed by atoms with Gasteiger partial charge in [0.1, 0.15) is 10.8 Å². The van der Waals surface area contributed by atoms with Crippen molar-refractivity contribution in [2.75, 3.05) is 25.8 Å². The average Bonchev–Trinajstić information content (AvgIpc) is 2.98. The van der Waals surface area contributed by atoms with Gasteiger partial charge in [0.05, 0.1) is 10.2 Å². The van der Waals surface area contributed by atoms with Crippen molar-refractivity contribution in [2.45, 2.75) is 6.92 Å². The molecule has 0 saturated carbocycles. The van der Waals surface area contributed by atoms with Gasteiger partial charge in [-0.05, 0) is 49.4 Å². The van der Waals surface area contributed by atoms with Crippen LogP contribution in [0.4, 0.5) is 5.69 Å². The second-order valence-electron chi connectivity index (χ2n) is 4.73. The Balaban J connectivity index is 1.85. The number of fused-ring (bicyclic) bond motifs is 1. The summed E-state index contributed by atoms with van der Waals surface area (Å²) in [5.74, 6) is 0.807. The summed E-state index contributed by atoms with van der Waals surface area (Å²) < 4.78 is 11.9. The van der Waals surface area contributed by atoms with E-state index < -0.39 is 0 Å². The molecule has 1 N–H and O–H groups in total. The number of aromatic nitrogens is 1. The molecule has 0 unspecified atom stereocenters. The molecule has 0 amide bonds. The summed E-state index contributed by atoms with van der Waals surface area (Å²) in [7, 11) is 1.91. The standard InChI is InChI=1S/C17H18N2O2S/c1-3-20-11-21-14-8-9-15-16(10-14)22-17(19-15)12-4-6-13(18-2)7-5-12/h4-10,18H,3,11H2,1-2H3. The lowest BCUT2D eigenvalue weighted by molar-refractivity contribution is 0.0225. The van der Waals surface area contributed by atoms with E-state index in [1.807, 2.05) is 32.2 Å². The molecular weight excluding hydrogens is 296 g/mol. The topological polar surface area (TPSA) is 43.4 Å². The molecule has 1 aromatic heterocycles. The predicted molar refractivity (Wildman–Crippen MR) is 91.7 cm³/mol. The first-order valence-electron chi connectivity index (χ1n) is 7.19. The highest BCUT2D eigenvalue weighted by atomic mass is 32.1. The van der Waals surface area contributed by atoms with Crippen molar-refractivity contribution in [1.82, 2.24) is 4.98 Å². The van der Waals surface area contributed by atoms with Crippen molar-refractivity contribution >= 4 is 27.2 Å². The second-order valence-corrected chi connectivity index (χ2v) is 5.76. The monoisotopic (exact) mass is 314 g/mol. The molecule has 3 rings (SSSR count). The highest BCUT2D eigenvalue weighted by molar-refractivity contribution is 7.21. The normalized spacial score (nSPS) is 10.8. The number of rotatable bonds is 6. The van der Waals surface area contributed by atoms with Crippen LogP contribution in [0.1, 0.15) is 6.92 Å². The molecular formula is C17H18N2O2S. The SMILES string of the molecule is CCOCOc1ccc2nc(-c3ccc(NC)cc3)sc2c1. The molecule has 0 aliphatic carbocycles. The zero-order valence-corrected chi connectivity index (χ0v) is 13.4. The summed E-state index contributed by atoms with van der Waals surface area (Å²) in [5, 5.41) is 4.13. The summed E-state index contributed by atoms with van der Waals surface area (Å²) in [4.78, 5) is 4.69. The van der Waals surface area contributed by atoms with E-state index in [1.54, 1.807) is 11.3 Å². The number of ether oxygens (including phenoxy) is 2. The van der Waals surface area contributed by atoms with Gasteiger partial charge in [-0.3, -0.25) is 0 Å². The van der Waals surface area contributed by atoms with Gasteiger partial charge in [-0.2, -0.15) is 0 Å². The van der Waals surface area contributed by atoms with Gasteiger partial charge in [-0.15, -0.1) is 11.3 Å². The Hall–Kier alpha value is -2.11. The van der Waals surface area contributed by atoms with Gasteiger partial charge in [0, 0.05) is 24.9 Å². The summed E-state index contributed by atoms with van der Waals surface area (Å²) in [6.45, 7) is 2.87. The lowest BCUT2D eigenvalue weighted by atomic mass is 10.2. The smallest absolute Gasteiger partial charge is 0.189 e. The largest absolute Gasteiger partial charge is 0.468 e. The van der Waals surface area contributed by atoms with Gasteiger partial charge < -0.3 is 14.8 Å². The van der Waals surface area contributed by atoms with Crippen molar-refractivity contribution < 1.29 is 9.47 Å². The van der Waals surface area contributed by atoms with Crippen LogP contribution in [0.5, 0.6) is 5.75 Å². The van der Waals surface area contributed by atoms with Crippen molar-refractivity contribution in [2.24, 2.45) is 0 Å². The maximum Gasteiger partial charge on any atom is 0.189 e. The van der Waals surface area contributed by atoms with E-state index in [0.29, 0.717) is 6.61 Å². The van der Waals surface area contributed by atoms with Crippen molar-refractivity contribution in [3.8, 4) is 16.3 Å². The molecule has 1 heterocycles. The van der Waals surface area contributed by atoms with E-state index in [2.05, 4.69) is 34.6 Å². The second kappa shape index (κ2) is 6.77. The number of benzene rings is 2. The minimum atomic E-state index is 0.277. The zero-order valence-electron chi connectivity index (χ0n) is 12.6. The zero-order chi connectivity index (χ0) is 15.4. The number of nitrogens with zero attached hydrogens (tertiary/aromatic N) is 1. The molecule has 3 aromatic rings. The average molecular weight is 314 g/mol. The molecule has 0 aliphatic rings. The van der Waals surface area contributed by atoms with Crippen molar-refractivity contribution in [1.29, 1.82) is 0 Å². The molecule has 0 aliphatic heterocycles. The highest BCUT2D eigenvalue weighted by Gasteiger charge is 2.07. The Labute approximate surface area is 133 Å². The molecule has 0 fully saturated rings. The Kier molecular flexibility index (Phi) is 4.56. The Morgan fingerprint density at radius 3 is 2.68 bits per heavy atom. The summed E-state index contributed by atoms with van der Waals surface area (Å²) in [6.07, 6.45) is 0. The molecule has 0 atom stereocenters. The van der Waals surface area contributed by atoms with E-state index in [0.717, 1.165) is 32.2 Å². The molecule has 22 heavy (non-hydrogen) atoms. The number of nitrogens with one attached hydrogen (secondary N) is 1. The van der Waals surface area contributed by atoms with E-state index in [1.165, 1.54) is 0 Å². The van der Waals surface area contributed by atoms with Crippen LogP contribution in [0.3, 0.4) is 0 Å². The molecule has 0 bridgehead atoms. The molecule has 0 saturated heterocycles. The van der Waals surface area contributed by atoms with Crippen LogP contribution < -0.4 is 10.1 Å². The van der Waals surface area contributed by atoms with Crippen LogP contribution in [0.25, 0.3) is 20.8 Å². The summed E-state index contributed by atoms with van der Waals surface area (Å²) in [6, 6.07) is 14.2. The Bertz CT molecular complexity index is 753. The molecule has 114 valence electrons. The van der Waals surface area contributed by atoms with Gasteiger partial charge in [0.15, 0.2) is 6.79 Å². The van der Waals surface area contributed by atoms with Crippen LogP contribution in [0, 0.1) is 0 Å². The fourth-order valence-electron chi connectivity index (χ4n) is 2.09. The number of hydrogen-bond donors (Lipinski definition) is 1.